The summed E-state index contributed by atoms with van der Waals surface area (Å²) < 4.78 is 10.8. The number of amides is 1. The topological polar surface area (TPSA) is 68.5 Å². The van der Waals surface area contributed by atoms with Crippen LogP contribution in [0.5, 0.6) is 0 Å². The van der Waals surface area contributed by atoms with E-state index in [0.717, 1.165) is 23.0 Å². The average Bonchev–Trinajstić information content (AvgIpc) is 3.04. The number of hydrogen-bond donors (Lipinski definition) is 1. The van der Waals surface area contributed by atoms with Crippen molar-refractivity contribution in [2.24, 2.45) is 0 Å². The molecule has 3 aromatic rings. The number of carbonyl (C=O) groups excluding carboxylic acids is 2. The Balaban J connectivity index is 1.60. The Kier molecular flexibility index (Phi) is 5.37. The van der Waals surface area contributed by atoms with Crippen LogP contribution in [0, 0.1) is 0 Å². The van der Waals surface area contributed by atoms with E-state index in [1.54, 1.807) is 25.3 Å². The van der Waals surface area contributed by atoms with Crippen molar-refractivity contribution < 1.29 is 18.7 Å². The standard InChI is InChI=1S/C21H21NO4/c1-3-15-9-10-18-16(13-25-19(18)11-15)12-20(23)26-14(2)21(24)22-17-7-5-4-6-8-17/h4-11,13-14H,3,12H2,1-2H3,(H,22,24)/t14-/m0/s1. The maximum atomic E-state index is 12.2. The van der Waals surface area contributed by atoms with Crippen LogP contribution in [-0.2, 0) is 27.2 Å². The molecule has 0 saturated heterocycles. The molecule has 0 fully saturated rings. The maximum absolute atomic E-state index is 12.2. The molecule has 1 atom stereocenters. The van der Waals surface area contributed by atoms with Crippen molar-refractivity contribution in [3.63, 3.8) is 0 Å². The van der Waals surface area contributed by atoms with Crippen LogP contribution in [-0.4, -0.2) is 18.0 Å². The Morgan fingerprint density at radius 2 is 1.92 bits per heavy atom. The lowest BCUT2D eigenvalue weighted by molar-refractivity contribution is -0.152. The molecule has 0 aliphatic carbocycles. The van der Waals surface area contributed by atoms with Gasteiger partial charge >= 0.3 is 5.97 Å². The number of para-hydroxylation sites is 1. The summed E-state index contributed by atoms with van der Waals surface area (Å²) in [4.78, 5) is 24.3. The molecule has 0 unspecified atom stereocenters. The van der Waals surface area contributed by atoms with Gasteiger partial charge < -0.3 is 14.5 Å². The minimum Gasteiger partial charge on any atom is -0.464 e. The van der Waals surface area contributed by atoms with Gasteiger partial charge in [-0.2, -0.15) is 0 Å². The summed E-state index contributed by atoms with van der Waals surface area (Å²) in [5.41, 5.74) is 3.34. The number of nitrogens with one attached hydrogen (secondary N) is 1. The molecule has 0 saturated carbocycles. The van der Waals surface area contributed by atoms with Crippen LogP contribution in [0.15, 0.2) is 59.2 Å². The van der Waals surface area contributed by atoms with Crippen molar-refractivity contribution in [1.29, 1.82) is 0 Å². The van der Waals surface area contributed by atoms with Gasteiger partial charge in [0.25, 0.3) is 5.91 Å². The van der Waals surface area contributed by atoms with Gasteiger partial charge in [0.05, 0.1) is 12.7 Å². The van der Waals surface area contributed by atoms with E-state index in [-0.39, 0.29) is 12.3 Å². The number of furan rings is 1. The number of hydrogen-bond acceptors (Lipinski definition) is 4. The maximum Gasteiger partial charge on any atom is 0.311 e. The first-order chi connectivity index (χ1) is 12.6. The van der Waals surface area contributed by atoms with Crippen LogP contribution in [0.25, 0.3) is 11.0 Å². The van der Waals surface area contributed by atoms with Gasteiger partial charge in [-0.3, -0.25) is 9.59 Å². The first kappa shape index (κ1) is 17.7. The predicted octanol–water partition coefficient (Wildman–Crippen LogP) is 4.11. The normalized spacial score (nSPS) is 11.9. The van der Waals surface area contributed by atoms with E-state index in [1.165, 1.54) is 5.56 Å². The number of carbonyl (C=O) groups is 2. The highest BCUT2D eigenvalue weighted by Crippen LogP contribution is 2.23. The van der Waals surface area contributed by atoms with Crippen molar-refractivity contribution in [2.45, 2.75) is 32.8 Å². The van der Waals surface area contributed by atoms with E-state index in [1.807, 2.05) is 36.4 Å². The van der Waals surface area contributed by atoms with E-state index in [4.69, 9.17) is 9.15 Å². The third-order valence-corrected chi connectivity index (χ3v) is 4.18. The molecule has 1 amide bonds. The molecule has 5 nitrogen and oxygen atoms in total. The second-order valence-electron chi connectivity index (χ2n) is 6.11. The zero-order valence-electron chi connectivity index (χ0n) is 14.8. The van der Waals surface area contributed by atoms with E-state index in [9.17, 15) is 9.59 Å². The van der Waals surface area contributed by atoms with E-state index in [0.29, 0.717) is 5.69 Å². The monoisotopic (exact) mass is 351 g/mol. The zero-order valence-corrected chi connectivity index (χ0v) is 14.8. The van der Waals surface area contributed by atoms with Crippen molar-refractivity contribution in [3.8, 4) is 0 Å². The van der Waals surface area contributed by atoms with Crippen LogP contribution in [0.4, 0.5) is 5.69 Å². The van der Waals surface area contributed by atoms with Gasteiger partial charge in [0.2, 0.25) is 0 Å². The van der Waals surface area contributed by atoms with Gasteiger partial charge in [-0.25, -0.2) is 0 Å². The van der Waals surface area contributed by atoms with Crippen LogP contribution < -0.4 is 5.32 Å². The van der Waals surface area contributed by atoms with Gasteiger partial charge in [0.1, 0.15) is 5.58 Å². The number of ether oxygens (including phenoxy) is 1. The highest BCUT2D eigenvalue weighted by molar-refractivity contribution is 5.95. The Morgan fingerprint density at radius 3 is 2.65 bits per heavy atom. The number of fused-ring (bicyclic) bond motifs is 1. The SMILES string of the molecule is CCc1ccc2c(CC(=O)O[C@@H](C)C(=O)Nc3ccccc3)coc2c1. The van der Waals surface area contributed by atoms with Crippen LogP contribution >= 0.6 is 0 Å². The number of anilines is 1. The van der Waals surface area contributed by atoms with Crippen molar-refractivity contribution in [2.75, 3.05) is 5.32 Å². The highest BCUT2D eigenvalue weighted by Gasteiger charge is 2.19. The first-order valence-corrected chi connectivity index (χ1v) is 8.61. The Labute approximate surface area is 152 Å². The molecule has 0 aliphatic heterocycles. The number of aryl methyl sites for hydroxylation is 1. The minimum atomic E-state index is -0.882. The summed E-state index contributed by atoms with van der Waals surface area (Å²) in [6, 6.07) is 15.0. The molecule has 5 heteroatoms. The van der Waals surface area contributed by atoms with E-state index >= 15 is 0 Å². The van der Waals surface area contributed by atoms with Gasteiger partial charge in [-0.15, -0.1) is 0 Å². The number of benzene rings is 2. The first-order valence-electron chi connectivity index (χ1n) is 8.61. The molecular formula is C21H21NO4. The van der Waals surface area contributed by atoms with Gasteiger partial charge in [-0.05, 0) is 37.1 Å². The van der Waals surface area contributed by atoms with Crippen molar-refractivity contribution in [3.05, 3.63) is 65.9 Å². The molecular weight excluding hydrogens is 330 g/mol. The fourth-order valence-corrected chi connectivity index (χ4v) is 2.70. The highest BCUT2D eigenvalue weighted by atomic mass is 16.5. The predicted molar refractivity (Wildman–Crippen MR) is 99.9 cm³/mol. The Bertz CT molecular complexity index is 914. The number of rotatable bonds is 6. The zero-order chi connectivity index (χ0) is 18.5. The summed E-state index contributed by atoms with van der Waals surface area (Å²) in [6.07, 6.45) is 1.66. The lowest BCUT2D eigenvalue weighted by Crippen LogP contribution is -2.30. The lowest BCUT2D eigenvalue weighted by atomic mass is 10.1. The number of esters is 1. The third-order valence-electron chi connectivity index (χ3n) is 4.18. The molecule has 0 aliphatic rings. The third kappa shape index (κ3) is 4.11. The van der Waals surface area contributed by atoms with Crippen LogP contribution in [0.1, 0.15) is 25.0 Å². The lowest BCUT2D eigenvalue weighted by Gasteiger charge is -2.13. The Morgan fingerprint density at radius 1 is 1.15 bits per heavy atom. The van der Waals surface area contributed by atoms with E-state index < -0.39 is 12.1 Å². The minimum absolute atomic E-state index is 0.0570. The molecule has 0 bridgehead atoms. The summed E-state index contributed by atoms with van der Waals surface area (Å²) in [6.45, 7) is 3.63. The van der Waals surface area contributed by atoms with Crippen molar-refractivity contribution >= 4 is 28.5 Å². The quantitative estimate of drug-likeness (QED) is 0.679. The fraction of sp³-hybridized carbons (Fsp3) is 0.238. The second-order valence-corrected chi connectivity index (χ2v) is 6.11. The molecule has 134 valence electrons. The van der Waals surface area contributed by atoms with Gasteiger partial charge in [0.15, 0.2) is 6.10 Å². The van der Waals surface area contributed by atoms with Crippen LogP contribution in [0.3, 0.4) is 0 Å². The smallest absolute Gasteiger partial charge is 0.311 e. The molecule has 0 radical (unpaired) electrons. The summed E-state index contributed by atoms with van der Waals surface area (Å²) in [7, 11) is 0. The summed E-state index contributed by atoms with van der Waals surface area (Å²) >= 11 is 0. The molecule has 1 aromatic heterocycles. The summed E-state index contributed by atoms with van der Waals surface area (Å²) in [5, 5.41) is 3.60. The molecule has 1 heterocycles. The fourth-order valence-electron chi connectivity index (χ4n) is 2.70. The second kappa shape index (κ2) is 7.87. The Hall–Kier alpha value is -3.08. The van der Waals surface area contributed by atoms with Gasteiger partial charge in [-0.1, -0.05) is 37.3 Å². The molecule has 2 aromatic carbocycles. The molecule has 3 rings (SSSR count). The average molecular weight is 351 g/mol. The molecule has 26 heavy (non-hydrogen) atoms. The van der Waals surface area contributed by atoms with Gasteiger partial charge in [0, 0.05) is 16.6 Å². The largest absolute Gasteiger partial charge is 0.464 e. The van der Waals surface area contributed by atoms with E-state index in [2.05, 4.69) is 12.2 Å². The van der Waals surface area contributed by atoms with Crippen molar-refractivity contribution in [1.82, 2.24) is 0 Å². The molecule has 1 N–H and O–H groups in total. The van der Waals surface area contributed by atoms with Crippen LogP contribution in [0.2, 0.25) is 0 Å². The summed E-state index contributed by atoms with van der Waals surface area (Å²) in [5.74, 6) is -0.836. The molecule has 0 spiro atoms.